The Morgan fingerprint density at radius 3 is 2.64 bits per heavy atom. The van der Waals surface area contributed by atoms with Gasteiger partial charge in [0.05, 0.1) is 39.2 Å². The first-order valence-corrected chi connectivity index (χ1v) is 9.89. The number of benzene rings is 2. The molecule has 0 atom stereocenters. The third-order valence-corrected chi connectivity index (χ3v) is 5.76. The third kappa shape index (κ3) is 4.49. The van der Waals surface area contributed by atoms with Gasteiger partial charge in [0.25, 0.3) is 15.7 Å². The molecule has 148 valence electrons. The molecule has 0 aliphatic heterocycles. The zero-order chi connectivity index (χ0) is 20.9. The number of ether oxygens (including phenoxy) is 1. The fourth-order valence-electron chi connectivity index (χ4n) is 2.38. The number of nitro benzene ring substituents is 1. The molecule has 0 saturated carbocycles. The normalized spacial score (nSPS) is 10.9. The molecule has 0 spiro atoms. The highest BCUT2D eigenvalue weighted by atomic mass is 35.5. The van der Waals surface area contributed by atoms with E-state index in [2.05, 4.69) is 6.58 Å². The minimum atomic E-state index is -4.18. The standard InChI is InChI=1S/C18H17ClN2O6S/c1-3-10-20(13-8-9-17(19)16(12-13)18(22)27-4-2)28(25,26)15-7-5-6-14(11-15)21(23)24/h3,5-9,11-12H,1,4,10H2,2H3. The number of carbonyl (C=O) groups excluding carboxylic acids is 1. The van der Waals surface area contributed by atoms with Crippen molar-refractivity contribution in [1.82, 2.24) is 0 Å². The molecule has 8 nitrogen and oxygen atoms in total. The third-order valence-electron chi connectivity index (χ3n) is 3.64. The molecule has 28 heavy (non-hydrogen) atoms. The number of sulfonamides is 1. The van der Waals surface area contributed by atoms with Gasteiger partial charge in [-0.2, -0.15) is 0 Å². The van der Waals surface area contributed by atoms with E-state index >= 15 is 0 Å². The van der Waals surface area contributed by atoms with Crippen LogP contribution in [0.1, 0.15) is 17.3 Å². The summed E-state index contributed by atoms with van der Waals surface area (Å²) in [6, 6.07) is 8.78. The molecule has 0 fully saturated rings. The SMILES string of the molecule is C=CCN(c1ccc(Cl)c(C(=O)OCC)c1)S(=O)(=O)c1cccc([N+](=O)[O-])c1. The Balaban J connectivity index is 2.57. The molecule has 0 radical (unpaired) electrons. The Kier molecular flexibility index (Phi) is 6.76. The maximum atomic E-state index is 13.1. The van der Waals surface area contributed by atoms with Crippen LogP contribution in [0.25, 0.3) is 0 Å². The molecule has 0 aliphatic rings. The molecule has 0 heterocycles. The molecular formula is C18H17ClN2O6S. The van der Waals surface area contributed by atoms with E-state index in [1.54, 1.807) is 6.92 Å². The molecule has 2 aromatic rings. The van der Waals surface area contributed by atoms with Crippen LogP contribution in [-0.2, 0) is 14.8 Å². The number of carbonyl (C=O) groups is 1. The lowest BCUT2D eigenvalue weighted by molar-refractivity contribution is -0.385. The summed E-state index contributed by atoms with van der Waals surface area (Å²) in [5.41, 5.74) is -0.217. The van der Waals surface area contributed by atoms with Crippen LogP contribution < -0.4 is 4.31 Å². The van der Waals surface area contributed by atoms with Gasteiger partial charge in [0, 0.05) is 12.1 Å². The van der Waals surface area contributed by atoms with Gasteiger partial charge in [0.2, 0.25) is 0 Å². The first-order valence-electron chi connectivity index (χ1n) is 8.07. The highest BCUT2D eigenvalue weighted by Gasteiger charge is 2.27. The van der Waals surface area contributed by atoms with Gasteiger partial charge in [-0.1, -0.05) is 23.7 Å². The number of nitrogens with zero attached hydrogens (tertiary/aromatic N) is 2. The number of rotatable bonds is 8. The van der Waals surface area contributed by atoms with E-state index in [9.17, 15) is 23.3 Å². The van der Waals surface area contributed by atoms with Crippen LogP contribution in [0.5, 0.6) is 0 Å². The Labute approximate surface area is 167 Å². The highest BCUT2D eigenvalue weighted by molar-refractivity contribution is 7.92. The van der Waals surface area contributed by atoms with E-state index in [4.69, 9.17) is 16.3 Å². The monoisotopic (exact) mass is 424 g/mol. The molecule has 0 bridgehead atoms. The fraction of sp³-hybridized carbons (Fsp3) is 0.167. The van der Waals surface area contributed by atoms with Gasteiger partial charge in [-0.25, -0.2) is 13.2 Å². The number of halogens is 1. The minimum Gasteiger partial charge on any atom is -0.462 e. The van der Waals surface area contributed by atoms with Crippen LogP contribution in [0.3, 0.4) is 0 Å². The summed E-state index contributed by atoms with van der Waals surface area (Å²) in [4.78, 5) is 22.1. The van der Waals surface area contributed by atoms with Crippen molar-refractivity contribution in [3.63, 3.8) is 0 Å². The molecule has 10 heteroatoms. The topological polar surface area (TPSA) is 107 Å². The van der Waals surface area contributed by atoms with E-state index in [1.807, 2.05) is 0 Å². The zero-order valence-corrected chi connectivity index (χ0v) is 16.4. The lowest BCUT2D eigenvalue weighted by Gasteiger charge is -2.23. The van der Waals surface area contributed by atoms with Gasteiger partial charge >= 0.3 is 5.97 Å². The van der Waals surface area contributed by atoms with E-state index in [0.29, 0.717) is 0 Å². The number of anilines is 1. The lowest BCUT2D eigenvalue weighted by atomic mass is 10.2. The number of hydrogen-bond acceptors (Lipinski definition) is 6. The predicted molar refractivity (Wildman–Crippen MR) is 105 cm³/mol. The van der Waals surface area contributed by atoms with E-state index in [0.717, 1.165) is 10.4 Å². The molecule has 0 N–H and O–H groups in total. The molecule has 2 rings (SSSR count). The Bertz CT molecular complexity index is 1020. The van der Waals surface area contributed by atoms with Crippen molar-refractivity contribution in [3.8, 4) is 0 Å². The molecule has 0 amide bonds. The Morgan fingerprint density at radius 2 is 2.04 bits per heavy atom. The quantitative estimate of drug-likeness (QED) is 0.276. The van der Waals surface area contributed by atoms with E-state index in [-0.39, 0.29) is 40.0 Å². The molecule has 0 aromatic heterocycles. The maximum Gasteiger partial charge on any atom is 0.339 e. The summed E-state index contributed by atoms with van der Waals surface area (Å²) in [5, 5.41) is 11.1. The summed E-state index contributed by atoms with van der Waals surface area (Å²) in [6.07, 6.45) is 1.35. The van der Waals surface area contributed by atoms with Crippen LogP contribution in [0, 0.1) is 10.1 Å². The summed E-state index contributed by atoms with van der Waals surface area (Å²) in [7, 11) is -4.18. The van der Waals surface area contributed by atoms with Gasteiger partial charge < -0.3 is 4.74 Å². The summed E-state index contributed by atoms with van der Waals surface area (Å²) < 4.78 is 32.1. The van der Waals surface area contributed by atoms with E-state index < -0.39 is 20.9 Å². The van der Waals surface area contributed by atoms with Crippen molar-refractivity contribution in [1.29, 1.82) is 0 Å². The van der Waals surface area contributed by atoms with Crippen LogP contribution in [0.4, 0.5) is 11.4 Å². The average Bonchev–Trinajstić information content (AvgIpc) is 2.67. The average molecular weight is 425 g/mol. The summed E-state index contributed by atoms with van der Waals surface area (Å²) in [5.74, 6) is -0.694. The smallest absolute Gasteiger partial charge is 0.339 e. The largest absolute Gasteiger partial charge is 0.462 e. The minimum absolute atomic E-state index is 0.00400. The first kappa shape index (κ1) is 21.4. The highest BCUT2D eigenvalue weighted by Crippen LogP contribution is 2.29. The maximum absolute atomic E-state index is 13.1. The zero-order valence-electron chi connectivity index (χ0n) is 14.9. The van der Waals surface area contributed by atoms with E-state index in [1.165, 1.54) is 42.5 Å². The number of hydrogen-bond donors (Lipinski definition) is 0. The van der Waals surface area contributed by atoms with Crippen molar-refractivity contribution in [2.24, 2.45) is 0 Å². The van der Waals surface area contributed by atoms with Crippen molar-refractivity contribution < 1.29 is 22.9 Å². The van der Waals surface area contributed by atoms with Gasteiger partial charge in [0.1, 0.15) is 0 Å². The van der Waals surface area contributed by atoms with Crippen molar-refractivity contribution in [2.75, 3.05) is 17.5 Å². The van der Waals surface area contributed by atoms with Crippen LogP contribution >= 0.6 is 11.6 Å². The van der Waals surface area contributed by atoms with Gasteiger partial charge in [-0.3, -0.25) is 14.4 Å². The molecule has 0 aliphatic carbocycles. The lowest BCUT2D eigenvalue weighted by Crippen LogP contribution is -2.31. The van der Waals surface area contributed by atoms with Crippen molar-refractivity contribution in [2.45, 2.75) is 11.8 Å². The van der Waals surface area contributed by atoms with Crippen molar-refractivity contribution in [3.05, 3.63) is 75.8 Å². The molecular weight excluding hydrogens is 408 g/mol. The number of non-ortho nitro benzene ring substituents is 1. The molecule has 2 aromatic carbocycles. The van der Waals surface area contributed by atoms with Gasteiger partial charge in [0.15, 0.2) is 0 Å². The summed E-state index contributed by atoms with van der Waals surface area (Å²) >= 11 is 6.03. The van der Waals surface area contributed by atoms with Crippen LogP contribution in [0.15, 0.2) is 60.0 Å². The summed E-state index contributed by atoms with van der Waals surface area (Å²) in [6.45, 7) is 5.18. The Hall–Kier alpha value is -2.91. The first-order chi connectivity index (χ1) is 13.2. The van der Waals surface area contributed by atoms with Crippen LogP contribution in [-0.4, -0.2) is 32.5 Å². The second-order valence-electron chi connectivity index (χ2n) is 5.46. The number of esters is 1. The van der Waals surface area contributed by atoms with Crippen molar-refractivity contribution >= 4 is 39.0 Å². The molecule has 0 saturated heterocycles. The second-order valence-corrected chi connectivity index (χ2v) is 7.73. The second kappa shape index (κ2) is 8.85. The van der Waals surface area contributed by atoms with Gasteiger partial charge in [-0.05, 0) is 31.2 Å². The predicted octanol–water partition coefficient (Wildman–Crippen LogP) is 3.81. The molecule has 0 unspecified atom stereocenters. The van der Waals surface area contributed by atoms with Gasteiger partial charge in [-0.15, -0.1) is 6.58 Å². The van der Waals surface area contributed by atoms with Crippen LogP contribution in [0.2, 0.25) is 5.02 Å². The fourth-order valence-corrected chi connectivity index (χ4v) is 4.04. The number of nitro groups is 1. The Morgan fingerprint density at radius 1 is 1.32 bits per heavy atom.